The molecule has 0 heterocycles. The number of hydrogen-bond donors (Lipinski definition) is 6. The molecule has 0 aromatic carbocycles. The zero-order valence-electron chi connectivity index (χ0n) is 7.66. The Labute approximate surface area is 75.5 Å². The van der Waals surface area contributed by atoms with E-state index < -0.39 is 30.6 Å². The molecule has 0 radical (unpaired) electrons. The first-order chi connectivity index (χ1) is 6.42. The second-order valence-corrected chi connectivity index (χ2v) is 2.64. The van der Waals surface area contributed by atoms with E-state index in [1.54, 1.807) is 0 Å². The molecule has 0 aromatic heterocycles. The van der Waals surface area contributed by atoms with Gasteiger partial charge in [0.15, 0.2) is 12.0 Å². The number of aliphatic hydroxyl groups excluding tert-OH is 4. The Morgan fingerprint density at radius 3 is 2.38 bits per heavy atom. The van der Waals surface area contributed by atoms with E-state index in [-0.39, 0.29) is 6.29 Å². The Balaban J connectivity index is 4.57. The van der Waals surface area contributed by atoms with Crippen LogP contribution in [0.3, 0.4) is 0 Å². The van der Waals surface area contributed by atoms with Gasteiger partial charge in [-0.15, -0.1) is 0 Å². The van der Waals surface area contributed by atoms with Crippen molar-refractivity contribution >= 4 is 6.29 Å². The molecule has 0 aromatic rings. The van der Waals surface area contributed by atoms with Gasteiger partial charge in [-0.05, 0) is 0 Å². The molecule has 0 aliphatic heterocycles. The van der Waals surface area contributed by atoms with E-state index in [1.165, 1.54) is 5.73 Å². The molecule has 0 bridgehead atoms. The minimum Gasteiger partial charge on any atom is -0.392 e. The van der Waals surface area contributed by atoms with Crippen molar-refractivity contribution in [2.75, 3.05) is 6.61 Å². The van der Waals surface area contributed by atoms with Gasteiger partial charge in [-0.1, -0.05) is 0 Å². The second kappa shape index (κ2) is 4.61. The topological polar surface area (TPSA) is 144 Å². The van der Waals surface area contributed by atoms with Crippen LogP contribution in [-0.4, -0.2) is 62.5 Å². The maximum atomic E-state index is 10.0. The van der Waals surface area contributed by atoms with Gasteiger partial charge < -0.3 is 30.3 Å². The molecule has 0 saturated heterocycles. The zero-order valence-corrected chi connectivity index (χ0v) is 6.66. The molecule has 13 heavy (non-hydrogen) atoms. The smallest absolute Gasteiger partial charge is 0.165 e. The third-order valence-corrected chi connectivity index (χ3v) is 1.54. The van der Waals surface area contributed by atoms with Gasteiger partial charge in [0.1, 0.15) is 19.7 Å². The molecule has 0 aliphatic rings. The lowest BCUT2D eigenvalue weighted by Crippen LogP contribution is -2.60. The van der Waals surface area contributed by atoms with E-state index in [1.807, 2.05) is 0 Å². The Bertz CT molecular complexity index is 187. The van der Waals surface area contributed by atoms with E-state index in [2.05, 4.69) is 0 Å². The lowest BCUT2D eigenvalue weighted by atomic mass is 9.99. The van der Waals surface area contributed by atoms with Crippen LogP contribution in [0.15, 0.2) is 0 Å². The largest absolute Gasteiger partial charge is 0.392 e. The van der Waals surface area contributed by atoms with Gasteiger partial charge in [0.25, 0.3) is 0 Å². The highest BCUT2D eigenvalue weighted by Gasteiger charge is 2.39. The van der Waals surface area contributed by atoms with Crippen molar-refractivity contribution in [2.45, 2.75) is 24.0 Å². The van der Waals surface area contributed by atoms with Gasteiger partial charge in [0, 0.05) is 0 Å². The molecule has 0 unspecified atom stereocenters. The van der Waals surface area contributed by atoms with Crippen LogP contribution < -0.4 is 5.73 Å². The van der Waals surface area contributed by atoms with Crippen molar-refractivity contribution in [3.63, 3.8) is 0 Å². The summed E-state index contributed by atoms with van der Waals surface area (Å²) < 4.78 is 6.58. The lowest BCUT2D eigenvalue weighted by Gasteiger charge is -2.30. The highest BCUT2D eigenvalue weighted by molar-refractivity contribution is 5.56. The molecule has 0 fully saturated rings. The molecule has 78 valence electrons. The second-order valence-electron chi connectivity index (χ2n) is 2.64. The van der Waals surface area contributed by atoms with Gasteiger partial charge in [-0.3, -0.25) is 5.73 Å². The first kappa shape index (κ1) is 10.5. The molecule has 0 aliphatic carbocycles. The molecule has 0 amide bonds. The minimum atomic E-state index is -2.50. The zero-order chi connectivity index (χ0) is 11.4. The van der Waals surface area contributed by atoms with Gasteiger partial charge in [-0.2, -0.15) is 0 Å². The summed E-state index contributed by atoms with van der Waals surface area (Å²) in [4.78, 5) is 10.0. The number of aliphatic hydroxyl groups is 5. The summed E-state index contributed by atoms with van der Waals surface area (Å²) in [7, 11) is 0. The summed E-state index contributed by atoms with van der Waals surface area (Å²) in [6, 6.07) is 0. The van der Waals surface area contributed by atoms with Crippen LogP contribution in [0.25, 0.3) is 0 Å². The van der Waals surface area contributed by atoms with Crippen molar-refractivity contribution in [1.82, 2.24) is 0 Å². The van der Waals surface area contributed by atoms with Crippen LogP contribution in [0.2, 0.25) is 1.41 Å². The average molecular weight is 196 g/mol. The Hall–Kier alpha value is -0.570. The summed E-state index contributed by atoms with van der Waals surface area (Å²) in [6.45, 7) is -1.07. The van der Waals surface area contributed by atoms with E-state index in [0.717, 1.165) is 0 Å². The summed E-state index contributed by atoms with van der Waals surface area (Å²) in [5, 5.41) is 44.8. The molecule has 7 nitrogen and oxygen atoms in total. The number of aldehydes is 1. The predicted octanol–water partition coefficient (Wildman–Crippen LogP) is -4.09. The van der Waals surface area contributed by atoms with Crippen LogP contribution >= 0.6 is 0 Å². The van der Waals surface area contributed by atoms with E-state index in [4.69, 9.17) is 16.7 Å². The van der Waals surface area contributed by atoms with Crippen LogP contribution in [0.4, 0.5) is 0 Å². The van der Waals surface area contributed by atoms with Crippen molar-refractivity contribution < 1.29 is 31.7 Å². The monoisotopic (exact) mass is 196 g/mol. The van der Waals surface area contributed by atoms with Crippen LogP contribution in [0, 0.1) is 0 Å². The molecule has 0 rings (SSSR count). The molecular formula is C6H13NO6. The fourth-order valence-electron chi connectivity index (χ4n) is 0.643. The summed E-state index contributed by atoms with van der Waals surface area (Å²) in [6.07, 6.45) is -6.03. The molecular weight excluding hydrogens is 182 g/mol. The van der Waals surface area contributed by atoms with Gasteiger partial charge in [0.2, 0.25) is 0 Å². The highest BCUT2D eigenvalue weighted by Crippen LogP contribution is 2.09. The quantitative estimate of drug-likeness (QED) is 0.187. The third kappa shape index (κ3) is 2.99. The highest BCUT2D eigenvalue weighted by atomic mass is 16.4. The fourth-order valence-corrected chi connectivity index (χ4v) is 0.643. The Morgan fingerprint density at radius 2 is 2.08 bits per heavy atom. The normalized spacial score (nSPS) is 23.9. The van der Waals surface area contributed by atoms with Crippen molar-refractivity contribution in [1.29, 1.82) is 0 Å². The molecule has 7 N–H and O–H groups in total. The molecule has 7 heteroatoms. The van der Waals surface area contributed by atoms with Gasteiger partial charge in [-0.25, -0.2) is 0 Å². The van der Waals surface area contributed by atoms with Gasteiger partial charge in [0.05, 0.1) is 6.61 Å². The number of rotatable bonds is 6. The van der Waals surface area contributed by atoms with Crippen LogP contribution in [0.5, 0.6) is 0 Å². The maximum absolute atomic E-state index is 10.0. The number of nitrogens with two attached hydrogens (primary N) is 1. The van der Waals surface area contributed by atoms with E-state index in [9.17, 15) is 15.0 Å². The van der Waals surface area contributed by atoms with Crippen molar-refractivity contribution in [3.8, 4) is 0 Å². The predicted molar refractivity (Wildman–Crippen MR) is 40.3 cm³/mol. The minimum absolute atomic E-state index is 0.0460. The summed E-state index contributed by atoms with van der Waals surface area (Å²) in [5.74, 6) is 0. The Kier molecular flexibility index (Phi) is 3.72. The van der Waals surface area contributed by atoms with Crippen molar-refractivity contribution in [3.05, 3.63) is 0 Å². The Morgan fingerprint density at radius 1 is 1.54 bits per heavy atom. The molecule has 0 saturated carbocycles. The number of hydrogen-bond acceptors (Lipinski definition) is 7. The average Bonchev–Trinajstić information content (AvgIpc) is 2.24. The first-order valence-electron chi connectivity index (χ1n) is 3.94. The first-order valence-corrected chi connectivity index (χ1v) is 3.44. The number of carbonyl (C=O) groups excluding carboxylic acids is 1. The third-order valence-electron chi connectivity index (χ3n) is 1.54. The number of carbonyl (C=O) groups is 1. The summed E-state index contributed by atoms with van der Waals surface area (Å²) in [5.41, 5.74) is -1.09. The molecule has 0 spiro atoms. The van der Waals surface area contributed by atoms with E-state index in [0.29, 0.717) is 0 Å². The lowest BCUT2D eigenvalue weighted by molar-refractivity contribution is -0.166. The van der Waals surface area contributed by atoms with Crippen LogP contribution in [0.1, 0.15) is 0 Å². The van der Waals surface area contributed by atoms with Crippen LogP contribution in [-0.2, 0) is 4.79 Å². The molecule has 4 atom stereocenters. The fraction of sp³-hybridized carbons (Fsp3) is 0.833. The summed E-state index contributed by atoms with van der Waals surface area (Å²) >= 11 is 0. The van der Waals surface area contributed by atoms with E-state index >= 15 is 0 Å². The SMILES string of the molecule is [2H]N[C@@](O)(CO)[C@@H](O)[C@@H](O)[C@@H](O)C=O. The standard InChI is InChI=1S/C6H13NO6/c7-6(13,2-9)5(12)4(11)3(10)1-8/h1,3-5,9-13H,2,7H2/t3-,4-,5-,6+/m0/s1/i/hD. The maximum Gasteiger partial charge on any atom is 0.165 e. The van der Waals surface area contributed by atoms with Gasteiger partial charge >= 0.3 is 0 Å². The van der Waals surface area contributed by atoms with Crippen molar-refractivity contribution in [2.24, 2.45) is 5.73 Å².